The summed E-state index contributed by atoms with van der Waals surface area (Å²) in [5.74, 6) is 0. The number of rotatable bonds is 3. The third-order valence-corrected chi connectivity index (χ3v) is 4.40. The Labute approximate surface area is 115 Å². The molecule has 1 saturated carbocycles. The fourth-order valence-corrected chi connectivity index (χ4v) is 3.01. The van der Waals surface area contributed by atoms with E-state index in [9.17, 15) is 20.4 Å². The van der Waals surface area contributed by atoms with E-state index >= 15 is 0 Å². The zero-order chi connectivity index (χ0) is 14.7. The van der Waals surface area contributed by atoms with E-state index in [2.05, 4.69) is 0 Å². The van der Waals surface area contributed by atoms with Crippen molar-refractivity contribution in [2.45, 2.75) is 68.0 Å². The first-order chi connectivity index (χ1) is 9.37. The van der Waals surface area contributed by atoms with Gasteiger partial charge in [0.2, 0.25) is 0 Å². The molecule has 0 spiro atoms. The lowest BCUT2D eigenvalue weighted by Gasteiger charge is -2.43. The molecule has 9 atom stereocenters. The van der Waals surface area contributed by atoms with E-state index in [1.807, 2.05) is 0 Å². The maximum Gasteiger partial charge on any atom is 0.187 e. The van der Waals surface area contributed by atoms with Gasteiger partial charge in [-0.1, -0.05) is 0 Å². The van der Waals surface area contributed by atoms with Crippen molar-refractivity contribution in [1.82, 2.24) is 0 Å². The Hall–Kier alpha value is -0.320. The highest BCUT2D eigenvalue weighted by Crippen LogP contribution is 2.47. The monoisotopic (exact) mass is 292 g/mol. The number of aliphatic hydroxyl groups excluding tert-OH is 5. The molecule has 3 rings (SSSR count). The van der Waals surface area contributed by atoms with Crippen LogP contribution in [0.5, 0.6) is 0 Å². The number of ether oxygens (including phenoxy) is 3. The standard InChI is InChI=1S/C12H20O8/c1-12(2-4-9(18-4)10(12)17)20-11-8(16)7(15)6(14)5(3-13)19-11/h4-11,13-17H,2-3H2,1H3/t4-,5+,6+,7-,8+,9-,10-,11+,12+/m0/s1. The summed E-state index contributed by atoms with van der Waals surface area (Å²) in [6.07, 6.45) is -7.34. The molecule has 8 nitrogen and oxygen atoms in total. The molecule has 1 aliphatic carbocycles. The van der Waals surface area contributed by atoms with Gasteiger partial charge in [-0.25, -0.2) is 0 Å². The molecule has 0 amide bonds. The van der Waals surface area contributed by atoms with Crippen LogP contribution in [0.1, 0.15) is 13.3 Å². The number of aliphatic hydroxyl groups is 5. The number of hydrogen-bond donors (Lipinski definition) is 5. The van der Waals surface area contributed by atoms with Gasteiger partial charge in [-0.15, -0.1) is 0 Å². The van der Waals surface area contributed by atoms with Gasteiger partial charge in [0.1, 0.15) is 36.6 Å². The van der Waals surface area contributed by atoms with Gasteiger partial charge in [0, 0.05) is 6.42 Å². The smallest absolute Gasteiger partial charge is 0.187 e. The molecule has 20 heavy (non-hydrogen) atoms. The minimum absolute atomic E-state index is 0.0557. The van der Waals surface area contributed by atoms with Crippen molar-refractivity contribution < 1.29 is 39.7 Å². The third-order valence-electron chi connectivity index (χ3n) is 4.40. The van der Waals surface area contributed by atoms with E-state index in [0.717, 1.165) is 0 Å². The quantitative estimate of drug-likeness (QED) is 0.350. The van der Waals surface area contributed by atoms with Crippen LogP contribution in [-0.4, -0.2) is 86.8 Å². The topological polar surface area (TPSA) is 132 Å². The molecule has 116 valence electrons. The second-order valence-corrected chi connectivity index (χ2v) is 5.92. The lowest BCUT2D eigenvalue weighted by molar-refractivity contribution is -0.334. The van der Waals surface area contributed by atoms with Crippen LogP contribution in [-0.2, 0) is 14.2 Å². The molecule has 0 bridgehead atoms. The molecule has 2 aliphatic heterocycles. The Bertz CT molecular complexity index is 376. The van der Waals surface area contributed by atoms with Gasteiger partial charge < -0.3 is 39.7 Å². The molecule has 2 saturated heterocycles. The van der Waals surface area contributed by atoms with Crippen LogP contribution in [0.3, 0.4) is 0 Å². The van der Waals surface area contributed by atoms with Gasteiger partial charge in [0.05, 0.1) is 18.3 Å². The summed E-state index contributed by atoms with van der Waals surface area (Å²) in [5, 5.41) is 48.5. The Morgan fingerprint density at radius 2 is 1.80 bits per heavy atom. The summed E-state index contributed by atoms with van der Waals surface area (Å²) >= 11 is 0. The summed E-state index contributed by atoms with van der Waals surface area (Å²) in [6, 6.07) is 0. The molecular weight excluding hydrogens is 272 g/mol. The van der Waals surface area contributed by atoms with Crippen LogP contribution in [0.25, 0.3) is 0 Å². The summed E-state index contributed by atoms with van der Waals surface area (Å²) in [5.41, 5.74) is -0.957. The predicted molar refractivity (Wildman–Crippen MR) is 62.5 cm³/mol. The molecule has 0 aromatic heterocycles. The molecule has 3 fully saturated rings. The van der Waals surface area contributed by atoms with Gasteiger partial charge in [-0.3, -0.25) is 0 Å². The number of hydrogen-bond acceptors (Lipinski definition) is 8. The fourth-order valence-electron chi connectivity index (χ4n) is 3.01. The maximum atomic E-state index is 10.1. The average molecular weight is 292 g/mol. The zero-order valence-electron chi connectivity index (χ0n) is 11.0. The summed E-state index contributed by atoms with van der Waals surface area (Å²) in [7, 11) is 0. The summed E-state index contributed by atoms with van der Waals surface area (Å²) < 4.78 is 16.1. The second-order valence-electron chi connectivity index (χ2n) is 5.92. The Morgan fingerprint density at radius 1 is 1.10 bits per heavy atom. The summed E-state index contributed by atoms with van der Waals surface area (Å²) in [6.45, 7) is 1.16. The molecule has 5 N–H and O–H groups in total. The largest absolute Gasteiger partial charge is 0.394 e. The molecule has 8 heteroatoms. The lowest BCUT2D eigenvalue weighted by Crippen LogP contribution is -2.61. The maximum absolute atomic E-state index is 10.1. The molecule has 0 aromatic carbocycles. The highest BCUT2D eigenvalue weighted by molar-refractivity contribution is 5.11. The first-order valence-corrected chi connectivity index (χ1v) is 6.69. The van der Waals surface area contributed by atoms with Gasteiger partial charge in [-0.05, 0) is 6.92 Å². The van der Waals surface area contributed by atoms with Crippen molar-refractivity contribution in [2.24, 2.45) is 0 Å². The van der Waals surface area contributed by atoms with E-state index in [1.165, 1.54) is 0 Å². The van der Waals surface area contributed by atoms with Gasteiger partial charge >= 0.3 is 0 Å². The van der Waals surface area contributed by atoms with Gasteiger partial charge in [0.25, 0.3) is 0 Å². The van der Waals surface area contributed by atoms with Crippen molar-refractivity contribution >= 4 is 0 Å². The predicted octanol–water partition coefficient (Wildman–Crippen LogP) is -2.91. The first-order valence-electron chi connectivity index (χ1n) is 6.69. The fraction of sp³-hybridized carbons (Fsp3) is 1.00. The van der Waals surface area contributed by atoms with Crippen LogP contribution in [0.4, 0.5) is 0 Å². The zero-order valence-corrected chi connectivity index (χ0v) is 11.0. The van der Waals surface area contributed by atoms with Crippen LogP contribution >= 0.6 is 0 Å². The molecule has 3 aliphatic rings. The minimum Gasteiger partial charge on any atom is -0.394 e. The Kier molecular flexibility index (Phi) is 3.55. The van der Waals surface area contributed by atoms with Crippen molar-refractivity contribution in [2.75, 3.05) is 6.61 Å². The van der Waals surface area contributed by atoms with Gasteiger partial charge in [0.15, 0.2) is 6.29 Å². The van der Waals surface area contributed by atoms with Crippen molar-refractivity contribution in [1.29, 1.82) is 0 Å². The average Bonchev–Trinajstić information content (AvgIpc) is 3.12. The van der Waals surface area contributed by atoms with E-state index < -0.39 is 49.0 Å². The number of epoxide rings is 1. The van der Waals surface area contributed by atoms with E-state index in [0.29, 0.717) is 6.42 Å². The highest BCUT2D eigenvalue weighted by atomic mass is 16.7. The van der Waals surface area contributed by atoms with Crippen LogP contribution in [0, 0.1) is 0 Å². The molecule has 0 radical (unpaired) electrons. The van der Waals surface area contributed by atoms with E-state index in [-0.39, 0.29) is 12.2 Å². The summed E-state index contributed by atoms with van der Waals surface area (Å²) in [4.78, 5) is 0. The molecule has 2 heterocycles. The van der Waals surface area contributed by atoms with Crippen LogP contribution in [0.15, 0.2) is 0 Å². The lowest BCUT2D eigenvalue weighted by atomic mass is 9.97. The normalized spacial score (nSPS) is 58.5. The van der Waals surface area contributed by atoms with Crippen molar-refractivity contribution in [3.63, 3.8) is 0 Å². The number of fused-ring (bicyclic) bond motifs is 1. The van der Waals surface area contributed by atoms with Gasteiger partial charge in [-0.2, -0.15) is 0 Å². The second kappa shape index (κ2) is 4.85. The Balaban J connectivity index is 1.70. The van der Waals surface area contributed by atoms with E-state index in [1.54, 1.807) is 6.92 Å². The minimum atomic E-state index is -1.49. The third kappa shape index (κ3) is 2.16. The molecule has 0 unspecified atom stereocenters. The van der Waals surface area contributed by atoms with Crippen LogP contribution < -0.4 is 0 Å². The Morgan fingerprint density at radius 3 is 2.35 bits per heavy atom. The van der Waals surface area contributed by atoms with E-state index in [4.69, 9.17) is 19.3 Å². The first kappa shape index (κ1) is 14.6. The van der Waals surface area contributed by atoms with Crippen molar-refractivity contribution in [3.05, 3.63) is 0 Å². The van der Waals surface area contributed by atoms with Crippen LogP contribution in [0.2, 0.25) is 0 Å². The molecular formula is C12H20O8. The molecule has 0 aromatic rings. The SMILES string of the molecule is C[C@@]1(O[C@H]2O[C@H](CO)[C@@H](O)[C@H](O)[C@H]2O)C[C@@H]2O[C@@H]2[C@@H]1O. The highest BCUT2D eigenvalue weighted by Gasteiger charge is 2.63. The van der Waals surface area contributed by atoms with Crippen molar-refractivity contribution in [3.8, 4) is 0 Å².